The number of aromatic nitrogens is 2. The zero-order valence-electron chi connectivity index (χ0n) is 15.4. The van der Waals surface area contributed by atoms with Crippen molar-refractivity contribution in [3.63, 3.8) is 0 Å². The molecule has 0 aliphatic carbocycles. The fourth-order valence-electron chi connectivity index (χ4n) is 2.68. The van der Waals surface area contributed by atoms with E-state index in [4.69, 9.17) is 14.2 Å². The van der Waals surface area contributed by atoms with Crippen LogP contribution in [0.5, 0.6) is 11.5 Å². The van der Waals surface area contributed by atoms with E-state index in [-0.39, 0.29) is 12.0 Å². The van der Waals surface area contributed by atoms with Crippen molar-refractivity contribution in [1.29, 1.82) is 0 Å². The van der Waals surface area contributed by atoms with Gasteiger partial charge in [0.15, 0.2) is 11.5 Å². The Bertz CT molecular complexity index is 800. The van der Waals surface area contributed by atoms with E-state index >= 15 is 0 Å². The van der Waals surface area contributed by atoms with Crippen LogP contribution in [-0.4, -0.2) is 35.9 Å². The molecule has 144 valence electrons. The third-order valence-corrected chi connectivity index (χ3v) is 4.80. The molecule has 0 bridgehead atoms. The van der Waals surface area contributed by atoms with Gasteiger partial charge in [-0.25, -0.2) is 0 Å². The zero-order chi connectivity index (χ0) is 19.1. The van der Waals surface area contributed by atoms with Crippen LogP contribution in [0.15, 0.2) is 24.3 Å². The number of rotatable bonds is 8. The Morgan fingerprint density at radius 3 is 2.85 bits per heavy atom. The third-order valence-electron chi connectivity index (χ3n) is 3.87. The van der Waals surface area contributed by atoms with Crippen LogP contribution in [-0.2, 0) is 9.53 Å². The number of nitrogens with one attached hydrogen (secondary N) is 1. The number of benzene rings is 1. The highest BCUT2D eigenvalue weighted by atomic mass is 32.1. The standard InChI is InChI=1S/C19H23N3O4S/c1-3-24-14-9-7-13(12-16(14)25-4-2)8-10-17(23)20-19-22-21-18(27-19)15-6-5-11-26-15/h7-10,12,15H,3-6,11H2,1-2H3,(H,20,22,23)/b10-8+/t15-/m0/s1. The first-order valence-electron chi connectivity index (χ1n) is 9.03. The molecule has 0 radical (unpaired) electrons. The van der Waals surface area contributed by atoms with Crippen molar-refractivity contribution >= 4 is 28.5 Å². The normalized spacial score (nSPS) is 16.6. The number of nitrogens with zero attached hydrogens (tertiary/aromatic N) is 2. The highest BCUT2D eigenvalue weighted by Crippen LogP contribution is 2.32. The summed E-state index contributed by atoms with van der Waals surface area (Å²) in [7, 11) is 0. The summed E-state index contributed by atoms with van der Waals surface area (Å²) in [5.74, 6) is 1.08. The zero-order valence-corrected chi connectivity index (χ0v) is 16.3. The molecule has 27 heavy (non-hydrogen) atoms. The van der Waals surface area contributed by atoms with E-state index in [1.54, 1.807) is 6.08 Å². The molecule has 0 saturated carbocycles. The predicted molar refractivity (Wildman–Crippen MR) is 104 cm³/mol. The molecule has 1 aromatic heterocycles. The molecule has 7 nitrogen and oxygen atoms in total. The van der Waals surface area contributed by atoms with Crippen molar-refractivity contribution in [3.8, 4) is 11.5 Å². The minimum atomic E-state index is -0.267. The minimum absolute atomic E-state index is 0.00420. The summed E-state index contributed by atoms with van der Waals surface area (Å²) in [6, 6.07) is 5.56. The van der Waals surface area contributed by atoms with Gasteiger partial charge < -0.3 is 14.2 Å². The molecular weight excluding hydrogens is 366 g/mol. The van der Waals surface area contributed by atoms with Gasteiger partial charge in [-0.15, -0.1) is 10.2 Å². The van der Waals surface area contributed by atoms with Gasteiger partial charge in [0.25, 0.3) is 0 Å². The largest absolute Gasteiger partial charge is 0.490 e. The number of hydrogen-bond acceptors (Lipinski definition) is 7. The molecular formula is C19H23N3O4S. The SMILES string of the molecule is CCOc1ccc(/C=C/C(=O)Nc2nnc([C@@H]3CCCO3)s2)cc1OCC. The molecule has 0 unspecified atom stereocenters. The summed E-state index contributed by atoms with van der Waals surface area (Å²) in [5.41, 5.74) is 0.842. The molecule has 8 heteroatoms. The Morgan fingerprint density at radius 1 is 1.30 bits per heavy atom. The first-order valence-corrected chi connectivity index (χ1v) is 9.85. The lowest BCUT2D eigenvalue weighted by Crippen LogP contribution is -2.07. The molecule has 1 atom stereocenters. The van der Waals surface area contributed by atoms with E-state index in [1.165, 1.54) is 17.4 Å². The van der Waals surface area contributed by atoms with Gasteiger partial charge in [0.05, 0.1) is 13.2 Å². The number of carbonyl (C=O) groups is 1. The molecule has 1 aromatic carbocycles. The van der Waals surface area contributed by atoms with Crippen LogP contribution < -0.4 is 14.8 Å². The predicted octanol–water partition coefficient (Wildman–Crippen LogP) is 3.84. The topological polar surface area (TPSA) is 82.6 Å². The first kappa shape index (κ1) is 19.3. The first-order chi connectivity index (χ1) is 13.2. The maximum atomic E-state index is 12.2. The second-order valence-electron chi connectivity index (χ2n) is 5.84. The van der Waals surface area contributed by atoms with Crippen LogP contribution in [0.4, 0.5) is 5.13 Å². The van der Waals surface area contributed by atoms with Crippen molar-refractivity contribution in [2.24, 2.45) is 0 Å². The molecule has 1 amide bonds. The summed E-state index contributed by atoms with van der Waals surface area (Å²) in [6.45, 7) is 5.69. The fourth-order valence-corrected chi connectivity index (χ4v) is 3.51. The maximum Gasteiger partial charge on any atom is 0.250 e. The number of ether oxygens (including phenoxy) is 3. The summed E-state index contributed by atoms with van der Waals surface area (Å²) < 4.78 is 16.7. The van der Waals surface area contributed by atoms with Gasteiger partial charge in [0, 0.05) is 12.7 Å². The van der Waals surface area contributed by atoms with Crippen molar-refractivity contribution in [3.05, 3.63) is 34.8 Å². The van der Waals surface area contributed by atoms with E-state index in [2.05, 4.69) is 15.5 Å². The smallest absolute Gasteiger partial charge is 0.250 e. The number of carbonyl (C=O) groups excluding carboxylic acids is 1. The Balaban J connectivity index is 1.61. The van der Waals surface area contributed by atoms with Crippen LogP contribution in [0.2, 0.25) is 0 Å². The van der Waals surface area contributed by atoms with Gasteiger partial charge in [0.2, 0.25) is 11.0 Å². The van der Waals surface area contributed by atoms with Gasteiger partial charge in [-0.1, -0.05) is 17.4 Å². The highest BCUT2D eigenvalue weighted by Gasteiger charge is 2.22. The quantitative estimate of drug-likeness (QED) is 0.691. The lowest BCUT2D eigenvalue weighted by molar-refractivity contribution is -0.111. The molecule has 1 N–H and O–H groups in total. The monoisotopic (exact) mass is 389 g/mol. The summed E-state index contributed by atoms with van der Waals surface area (Å²) in [6.07, 6.45) is 5.15. The Hall–Kier alpha value is -2.45. The van der Waals surface area contributed by atoms with E-state index < -0.39 is 0 Å². The van der Waals surface area contributed by atoms with Crippen molar-refractivity contribution < 1.29 is 19.0 Å². The summed E-state index contributed by atoms with van der Waals surface area (Å²) >= 11 is 1.35. The number of hydrogen-bond donors (Lipinski definition) is 1. The van der Waals surface area contributed by atoms with Crippen molar-refractivity contribution in [2.75, 3.05) is 25.1 Å². The molecule has 2 aromatic rings. The molecule has 1 saturated heterocycles. The highest BCUT2D eigenvalue weighted by molar-refractivity contribution is 7.15. The Labute approximate surface area is 162 Å². The van der Waals surface area contributed by atoms with Gasteiger partial charge in [-0.3, -0.25) is 10.1 Å². The Morgan fingerprint density at radius 2 is 2.11 bits per heavy atom. The summed E-state index contributed by atoms with van der Waals surface area (Å²) in [4.78, 5) is 12.2. The lowest BCUT2D eigenvalue weighted by atomic mass is 10.2. The van der Waals surface area contributed by atoms with Crippen LogP contribution in [0, 0.1) is 0 Å². The maximum absolute atomic E-state index is 12.2. The fraction of sp³-hybridized carbons (Fsp3) is 0.421. The number of amides is 1. The molecule has 3 rings (SSSR count). The van der Waals surface area contributed by atoms with Gasteiger partial charge >= 0.3 is 0 Å². The minimum Gasteiger partial charge on any atom is -0.490 e. The molecule has 1 fully saturated rings. The second kappa shape index (κ2) is 9.48. The van der Waals surface area contributed by atoms with Gasteiger partial charge in [-0.2, -0.15) is 0 Å². The number of anilines is 1. The van der Waals surface area contributed by atoms with Gasteiger partial charge in [-0.05, 0) is 50.5 Å². The second-order valence-corrected chi connectivity index (χ2v) is 6.85. The van der Waals surface area contributed by atoms with Crippen LogP contribution >= 0.6 is 11.3 Å². The van der Waals surface area contributed by atoms with E-state index in [0.717, 1.165) is 30.0 Å². The van der Waals surface area contributed by atoms with Crippen molar-refractivity contribution in [1.82, 2.24) is 10.2 Å². The average molecular weight is 389 g/mol. The van der Waals surface area contributed by atoms with Crippen LogP contribution in [0.3, 0.4) is 0 Å². The van der Waals surface area contributed by atoms with Crippen molar-refractivity contribution in [2.45, 2.75) is 32.8 Å². The molecule has 1 aliphatic heterocycles. The molecule has 1 aliphatic rings. The van der Waals surface area contributed by atoms with Gasteiger partial charge in [0.1, 0.15) is 11.1 Å². The average Bonchev–Trinajstić information content (AvgIpc) is 3.34. The summed E-state index contributed by atoms with van der Waals surface area (Å²) in [5, 5.41) is 12.1. The molecule has 0 spiro atoms. The van der Waals surface area contributed by atoms with E-state index in [1.807, 2.05) is 32.0 Å². The molecule has 2 heterocycles. The lowest BCUT2D eigenvalue weighted by Gasteiger charge is -2.11. The Kier molecular flexibility index (Phi) is 6.78. The van der Waals surface area contributed by atoms with Crippen LogP contribution in [0.1, 0.15) is 43.4 Å². The third kappa shape index (κ3) is 5.27. The van der Waals surface area contributed by atoms with E-state index in [9.17, 15) is 4.79 Å². The van der Waals surface area contributed by atoms with E-state index in [0.29, 0.717) is 29.8 Å². The van der Waals surface area contributed by atoms with Crippen LogP contribution in [0.25, 0.3) is 6.08 Å².